The molecule has 2 aromatic carbocycles. The standard InChI is InChI=1S/C25H30N4O2/c1-16-6-5-7-20(14-16)17(2)26-24-22-15-21(8-9-23(22)27-18(3)28-24)25(31)10-12-29(13-11-25)19(4)30/h5-9,14-15,17,31H,10-13H2,1-4H3,(H,26,27,28)/t17-/m0/s1. The normalized spacial score (nSPS) is 16.9. The molecule has 1 fully saturated rings. The van der Waals surface area contributed by atoms with Crippen molar-refractivity contribution in [3.05, 3.63) is 65.0 Å². The van der Waals surface area contributed by atoms with Gasteiger partial charge < -0.3 is 15.3 Å². The first-order chi connectivity index (χ1) is 14.7. The van der Waals surface area contributed by atoms with E-state index < -0.39 is 5.60 Å². The monoisotopic (exact) mass is 418 g/mol. The number of hydrogen-bond acceptors (Lipinski definition) is 5. The van der Waals surface area contributed by atoms with Crippen LogP contribution in [0.2, 0.25) is 0 Å². The van der Waals surface area contributed by atoms with Gasteiger partial charge in [0.25, 0.3) is 0 Å². The Morgan fingerprint density at radius 3 is 2.55 bits per heavy atom. The first-order valence-corrected chi connectivity index (χ1v) is 10.8. The molecule has 0 unspecified atom stereocenters. The van der Waals surface area contributed by atoms with E-state index in [-0.39, 0.29) is 11.9 Å². The molecular formula is C25H30N4O2. The van der Waals surface area contributed by atoms with Crippen molar-refractivity contribution >= 4 is 22.6 Å². The van der Waals surface area contributed by atoms with Gasteiger partial charge in [-0.1, -0.05) is 35.9 Å². The van der Waals surface area contributed by atoms with Crippen molar-refractivity contribution in [3.8, 4) is 0 Å². The van der Waals surface area contributed by atoms with Gasteiger partial charge in [0.15, 0.2) is 0 Å². The third kappa shape index (κ3) is 4.39. The predicted molar refractivity (Wildman–Crippen MR) is 123 cm³/mol. The number of amides is 1. The van der Waals surface area contributed by atoms with Gasteiger partial charge in [0.05, 0.1) is 11.1 Å². The number of aliphatic hydroxyl groups is 1. The molecule has 162 valence electrons. The van der Waals surface area contributed by atoms with Crippen LogP contribution in [0.5, 0.6) is 0 Å². The zero-order chi connectivity index (χ0) is 22.2. The summed E-state index contributed by atoms with van der Waals surface area (Å²) in [4.78, 5) is 22.7. The van der Waals surface area contributed by atoms with Crippen LogP contribution < -0.4 is 5.32 Å². The Kier molecular flexibility index (Phi) is 5.67. The van der Waals surface area contributed by atoms with Gasteiger partial charge in [-0.2, -0.15) is 0 Å². The number of hydrogen-bond donors (Lipinski definition) is 2. The van der Waals surface area contributed by atoms with E-state index in [1.54, 1.807) is 11.8 Å². The quantitative estimate of drug-likeness (QED) is 0.662. The molecule has 2 heterocycles. The number of nitrogens with zero attached hydrogens (tertiary/aromatic N) is 3. The van der Waals surface area contributed by atoms with Crippen molar-refractivity contribution in [1.29, 1.82) is 0 Å². The Morgan fingerprint density at radius 1 is 1.13 bits per heavy atom. The van der Waals surface area contributed by atoms with Gasteiger partial charge in [-0.15, -0.1) is 0 Å². The number of carbonyl (C=O) groups is 1. The summed E-state index contributed by atoms with van der Waals surface area (Å²) in [5, 5.41) is 15.8. The van der Waals surface area contributed by atoms with Crippen molar-refractivity contribution in [1.82, 2.24) is 14.9 Å². The second-order valence-electron chi connectivity index (χ2n) is 8.67. The van der Waals surface area contributed by atoms with Gasteiger partial charge >= 0.3 is 0 Å². The first-order valence-electron chi connectivity index (χ1n) is 10.8. The van der Waals surface area contributed by atoms with Crippen molar-refractivity contribution in [2.24, 2.45) is 0 Å². The van der Waals surface area contributed by atoms with Crippen LogP contribution in [0.4, 0.5) is 5.82 Å². The molecule has 31 heavy (non-hydrogen) atoms. The topological polar surface area (TPSA) is 78.4 Å². The summed E-state index contributed by atoms with van der Waals surface area (Å²) >= 11 is 0. The van der Waals surface area contributed by atoms with Crippen molar-refractivity contribution in [2.45, 2.75) is 52.2 Å². The molecule has 4 rings (SSSR count). The number of aryl methyl sites for hydroxylation is 2. The number of piperidine rings is 1. The Labute approximate surface area is 183 Å². The maximum Gasteiger partial charge on any atom is 0.219 e. The van der Waals surface area contributed by atoms with Gasteiger partial charge in [-0.3, -0.25) is 4.79 Å². The molecule has 6 heteroatoms. The summed E-state index contributed by atoms with van der Waals surface area (Å²) in [5.74, 6) is 1.52. The van der Waals surface area contributed by atoms with Gasteiger partial charge in [-0.25, -0.2) is 9.97 Å². The van der Waals surface area contributed by atoms with E-state index in [0.29, 0.717) is 31.8 Å². The highest BCUT2D eigenvalue weighted by Crippen LogP contribution is 2.36. The molecule has 1 aliphatic heterocycles. The number of rotatable bonds is 4. The number of nitrogens with one attached hydrogen (secondary N) is 1. The summed E-state index contributed by atoms with van der Waals surface area (Å²) in [5.41, 5.74) is 3.15. The van der Waals surface area contributed by atoms with Crippen LogP contribution >= 0.6 is 0 Å². The molecule has 1 atom stereocenters. The van der Waals surface area contributed by atoms with Crippen LogP contribution in [0.25, 0.3) is 10.9 Å². The maximum absolute atomic E-state index is 11.7. The second kappa shape index (κ2) is 8.27. The van der Waals surface area contributed by atoms with E-state index in [1.165, 1.54) is 11.1 Å². The van der Waals surface area contributed by atoms with Crippen LogP contribution in [0.3, 0.4) is 0 Å². The van der Waals surface area contributed by atoms with E-state index in [9.17, 15) is 9.90 Å². The lowest BCUT2D eigenvalue weighted by atomic mass is 9.84. The molecule has 2 N–H and O–H groups in total. The van der Waals surface area contributed by atoms with E-state index in [2.05, 4.69) is 53.4 Å². The van der Waals surface area contributed by atoms with Gasteiger partial charge in [0.1, 0.15) is 11.6 Å². The SMILES string of the molecule is CC(=O)N1CCC(O)(c2ccc3nc(C)nc(N[C@@H](C)c4cccc(C)c4)c3c2)CC1. The first kappa shape index (κ1) is 21.2. The van der Waals surface area contributed by atoms with E-state index >= 15 is 0 Å². The lowest BCUT2D eigenvalue weighted by Crippen LogP contribution is -2.44. The van der Waals surface area contributed by atoms with E-state index in [4.69, 9.17) is 0 Å². The summed E-state index contributed by atoms with van der Waals surface area (Å²) in [6.45, 7) is 8.79. The number of benzene rings is 2. The molecular weight excluding hydrogens is 388 g/mol. The van der Waals surface area contributed by atoms with Gasteiger partial charge in [0, 0.05) is 31.4 Å². The van der Waals surface area contributed by atoms with Crippen molar-refractivity contribution in [2.75, 3.05) is 18.4 Å². The number of fused-ring (bicyclic) bond motifs is 1. The highest BCUT2D eigenvalue weighted by Gasteiger charge is 2.35. The largest absolute Gasteiger partial charge is 0.385 e. The Morgan fingerprint density at radius 2 is 1.87 bits per heavy atom. The fraction of sp³-hybridized carbons (Fsp3) is 0.400. The average Bonchev–Trinajstić information content (AvgIpc) is 2.73. The molecule has 1 saturated heterocycles. The number of aromatic nitrogens is 2. The van der Waals surface area contributed by atoms with Gasteiger partial charge in [-0.05, 0) is 56.9 Å². The molecule has 0 bridgehead atoms. The molecule has 0 aliphatic carbocycles. The van der Waals surface area contributed by atoms with Crippen LogP contribution in [0.1, 0.15) is 55.2 Å². The highest BCUT2D eigenvalue weighted by molar-refractivity contribution is 5.90. The summed E-state index contributed by atoms with van der Waals surface area (Å²) in [7, 11) is 0. The zero-order valence-electron chi connectivity index (χ0n) is 18.6. The van der Waals surface area contributed by atoms with Crippen LogP contribution in [-0.4, -0.2) is 39.0 Å². The van der Waals surface area contributed by atoms with E-state index in [1.807, 2.05) is 25.1 Å². The van der Waals surface area contributed by atoms with Crippen LogP contribution in [-0.2, 0) is 10.4 Å². The molecule has 1 amide bonds. The smallest absolute Gasteiger partial charge is 0.219 e. The molecule has 3 aromatic rings. The minimum Gasteiger partial charge on any atom is -0.385 e. The molecule has 0 spiro atoms. The number of likely N-dealkylation sites (tertiary alicyclic amines) is 1. The number of anilines is 1. The number of carbonyl (C=O) groups excluding carboxylic acids is 1. The minimum atomic E-state index is -0.954. The Hall–Kier alpha value is -2.99. The molecule has 1 aliphatic rings. The van der Waals surface area contributed by atoms with Gasteiger partial charge in [0.2, 0.25) is 5.91 Å². The molecule has 6 nitrogen and oxygen atoms in total. The summed E-state index contributed by atoms with van der Waals surface area (Å²) in [6.07, 6.45) is 1.04. The predicted octanol–water partition coefficient (Wildman–Crippen LogP) is 4.25. The van der Waals surface area contributed by atoms with Crippen LogP contribution in [0.15, 0.2) is 42.5 Å². The highest BCUT2D eigenvalue weighted by atomic mass is 16.3. The lowest BCUT2D eigenvalue weighted by molar-refractivity contribution is -0.133. The molecule has 0 saturated carbocycles. The Balaban J connectivity index is 1.67. The van der Waals surface area contributed by atoms with E-state index in [0.717, 1.165) is 22.3 Å². The second-order valence-corrected chi connectivity index (χ2v) is 8.67. The van der Waals surface area contributed by atoms with Crippen molar-refractivity contribution < 1.29 is 9.90 Å². The van der Waals surface area contributed by atoms with Crippen molar-refractivity contribution in [3.63, 3.8) is 0 Å². The third-order valence-corrected chi connectivity index (χ3v) is 6.28. The summed E-state index contributed by atoms with van der Waals surface area (Å²) in [6, 6.07) is 14.4. The fourth-order valence-corrected chi connectivity index (χ4v) is 4.35. The summed E-state index contributed by atoms with van der Waals surface area (Å²) < 4.78 is 0. The Bertz CT molecular complexity index is 1120. The fourth-order valence-electron chi connectivity index (χ4n) is 4.35. The minimum absolute atomic E-state index is 0.0565. The third-order valence-electron chi connectivity index (χ3n) is 6.28. The lowest BCUT2D eigenvalue weighted by Gasteiger charge is -2.38. The van der Waals surface area contributed by atoms with Crippen LogP contribution in [0, 0.1) is 13.8 Å². The average molecular weight is 419 g/mol. The maximum atomic E-state index is 11.7. The zero-order valence-corrected chi connectivity index (χ0v) is 18.6. The molecule has 1 aromatic heterocycles. The molecule has 0 radical (unpaired) electrons.